The molecule has 1 aromatic carbocycles. The molecule has 0 spiro atoms. The van der Waals surface area contributed by atoms with Crippen molar-refractivity contribution in [1.82, 2.24) is 9.21 Å². The third-order valence-electron chi connectivity index (χ3n) is 6.29. The zero-order valence-corrected chi connectivity index (χ0v) is 19.2. The maximum Gasteiger partial charge on any atom is 0.328 e. The van der Waals surface area contributed by atoms with Gasteiger partial charge in [-0.1, -0.05) is 28.1 Å². The summed E-state index contributed by atoms with van der Waals surface area (Å²) in [5, 5.41) is 0. The van der Waals surface area contributed by atoms with Crippen molar-refractivity contribution < 1.29 is 17.9 Å². The van der Waals surface area contributed by atoms with Gasteiger partial charge in [0.2, 0.25) is 10.0 Å². The molecule has 28 heavy (non-hydrogen) atoms. The minimum absolute atomic E-state index is 0.282. The molecule has 8 heteroatoms. The number of nitrogens with zero attached hydrogens (tertiary/aromatic N) is 2. The number of piperidine rings is 2. The molecule has 2 saturated heterocycles. The van der Waals surface area contributed by atoms with Crippen LogP contribution in [0.25, 0.3) is 0 Å². The van der Waals surface area contributed by atoms with Gasteiger partial charge in [-0.15, -0.1) is 0 Å². The summed E-state index contributed by atoms with van der Waals surface area (Å²) in [7, 11) is -0.556. The first-order chi connectivity index (χ1) is 13.2. The average Bonchev–Trinajstić information content (AvgIpc) is 2.70. The lowest BCUT2D eigenvalue weighted by molar-refractivity contribution is -0.145. The zero-order valence-electron chi connectivity index (χ0n) is 16.8. The summed E-state index contributed by atoms with van der Waals surface area (Å²) in [5.74, 6) is -0.281. The van der Waals surface area contributed by atoms with Crippen LogP contribution in [0, 0.1) is 6.92 Å². The van der Waals surface area contributed by atoms with Crippen molar-refractivity contribution in [1.29, 1.82) is 0 Å². The van der Waals surface area contributed by atoms with Crippen LogP contribution in [0.4, 0.5) is 0 Å². The topological polar surface area (TPSA) is 66.9 Å². The summed E-state index contributed by atoms with van der Waals surface area (Å²) in [6.07, 6.45) is 2.09. The number of halogens is 1. The number of methoxy groups -OCH3 is 1. The predicted molar refractivity (Wildman–Crippen MR) is 113 cm³/mol. The molecule has 2 heterocycles. The highest BCUT2D eigenvalue weighted by Gasteiger charge is 2.55. The summed E-state index contributed by atoms with van der Waals surface area (Å²) >= 11 is 3.53. The second kappa shape index (κ2) is 8.42. The molecule has 0 atom stereocenters. The molecule has 2 aliphatic heterocycles. The van der Waals surface area contributed by atoms with Gasteiger partial charge in [-0.25, -0.2) is 12.7 Å². The number of likely N-dealkylation sites (tertiary alicyclic amines) is 1. The first-order valence-corrected chi connectivity index (χ1v) is 12.0. The highest BCUT2D eigenvalue weighted by Crippen LogP contribution is 2.38. The molecular weight excluding hydrogens is 444 g/mol. The summed E-state index contributed by atoms with van der Waals surface area (Å²) in [5.41, 5.74) is 2.43. The Morgan fingerprint density at radius 1 is 1.18 bits per heavy atom. The number of benzene rings is 1. The van der Waals surface area contributed by atoms with Crippen molar-refractivity contribution in [2.75, 3.05) is 40.3 Å². The molecule has 1 aromatic rings. The fourth-order valence-corrected chi connectivity index (χ4v) is 6.76. The van der Waals surface area contributed by atoms with Crippen LogP contribution in [0.2, 0.25) is 0 Å². The Morgan fingerprint density at radius 3 is 2.32 bits per heavy atom. The van der Waals surface area contributed by atoms with Gasteiger partial charge in [-0.2, -0.15) is 0 Å². The standard InChI is InChI=1S/C20H29BrN2O4S/c1-15-14-17(4-5-18(15)21)16-6-10-23(11-7-16)28(25,26)20(19(24)27-3)8-12-22(2)13-9-20/h4-5,14,16H,6-13H2,1-3H3. The molecule has 0 aromatic heterocycles. The Hall–Kier alpha value is -0.960. The van der Waals surface area contributed by atoms with Crippen molar-refractivity contribution >= 4 is 31.9 Å². The van der Waals surface area contributed by atoms with Crippen molar-refractivity contribution in [2.45, 2.75) is 43.3 Å². The van der Waals surface area contributed by atoms with E-state index in [2.05, 4.69) is 46.0 Å². The van der Waals surface area contributed by atoms with Crippen molar-refractivity contribution in [3.8, 4) is 0 Å². The number of carbonyl (C=O) groups is 1. The summed E-state index contributed by atoms with van der Waals surface area (Å²) in [6.45, 7) is 4.09. The van der Waals surface area contributed by atoms with E-state index in [1.807, 2.05) is 7.05 Å². The van der Waals surface area contributed by atoms with Crippen LogP contribution in [-0.2, 0) is 19.6 Å². The minimum atomic E-state index is -3.78. The van der Waals surface area contributed by atoms with E-state index >= 15 is 0 Å². The van der Waals surface area contributed by atoms with E-state index in [-0.39, 0.29) is 12.8 Å². The molecule has 0 saturated carbocycles. The van der Waals surface area contributed by atoms with Crippen LogP contribution < -0.4 is 0 Å². The van der Waals surface area contributed by atoms with Gasteiger partial charge in [-0.05, 0) is 75.9 Å². The van der Waals surface area contributed by atoms with Crippen LogP contribution in [0.15, 0.2) is 22.7 Å². The Labute approximate surface area is 176 Å². The van der Waals surface area contributed by atoms with E-state index in [0.717, 1.165) is 17.3 Å². The second-order valence-electron chi connectivity index (χ2n) is 7.98. The van der Waals surface area contributed by atoms with Crippen molar-refractivity contribution in [3.63, 3.8) is 0 Å². The largest absolute Gasteiger partial charge is 0.468 e. The molecule has 156 valence electrons. The molecule has 3 rings (SSSR count). The van der Waals surface area contributed by atoms with E-state index < -0.39 is 20.7 Å². The quantitative estimate of drug-likeness (QED) is 0.630. The van der Waals surface area contributed by atoms with Gasteiger partial charge in [0.15, 0.2) is 4.75 Å². The Morgan fingerprint density at radius 2 is 1.79 bits per heavy atom. The maximum atomic E-state index is 13.5. The fourth-order valence-electron chi connectivity index (χ4n) is 4.33. The number of rotatable bonds is 4. The SMILES string of the molecule is COC(=O)C1(S(=O)(=O)N2CCC(c3ccc(Br)c(C)c3)CC2)CCN(C)CC1. The van der Waals surface area contributed by atoms with Crippen molar-refractivity contribution in [3.05, 3.63) is 33.8 Å². The molecule has 0 aliphatic carbocycles. The number of aryl methyl sites for hydroxylation is 1. The number of hydrogen-bond acceptors (Lipinski definition) is 5. The van der Waals surface area contributed by atoms with Crippen LogP contribution >= 0.6 is 15.9 Å². The van der Waals surface area contributed by atoms with Gasteiger partial charge in [0.1, 0.15) is 0 Å². The van der Waals surface area contributed by atoms with Gasteiger partial charge in [-0.3, -0.25) is 4.79 Å². The van der Waals surface area contributed by atoms with E-state index in [1.165, 1.54) is 22.5 Å². The third kappa shape index (κ3) is 3.88. The van der Waals surface area contributed by atoms with Crippen LogP contribution in [-0.4, -0.2) is 68.7 Å². The highest BCUT2D eigenvalue weighted by molar-refractivity contribution is 9.10. The summed E-state index contributed by atoms with van der Waals surface area (Å²) < 4.78 is 33.1. The van der Waals surface area contributed by atoms with E-state index in [1.54, 1.807) is 0 Å². The Balaban J connectivity index is 1.77. The zero-order chi connectivity index (χ0) is 20.5. The van der Waals surface area contributed by atoms with E-state index in [0.29, 0.717) is 32.1 Å². The summed E-state index contributed by atoms with van der Waals surface area (Å²) in [4.78, 5) is 14.6. The van der Waals surface area contributed by atoms with Gasteiger partial charge < -0.3 is 9.64 Å². The van der Waals surface area contributed by atoms with Crippen LogP contribution in [0.5, 0.6) is 0 Å². The normalized spacial score (nSPS) is 22.1. The number of carbonyl (C=O) groups excluding carboxylic acids is 1. The number of hydrogen-bond donors (Lipinski definition) is 0. The molecule has 6 nitrogen and oxygen atoms in total. The molecule has 0 unspecified atom stereocenters. The highest BCUT2D eigenvalue weighted by atomic mass is 79.9. The molecular formula is C20H29BrN2O4S. The Bertz CT molecular complexity index is 827. The summed E-state index contributed by atoms with van der Waals surface area (Å²) in [6, 6.07) is 6.34. The van der Waals surface area contributed by atoms with E-state index in [9.17, 15) is 13.2 Å². The second-order valence-corrected chi connectivity index (χ2v) is 11.1. The lowest BCUT2D eigenvalue weighted by Crippen LogP contribution is -2.59. The monoisotopic (exact) mass is 472 g/mol. The van der Waals surface area contributed by atoms with Crippen LogP contribution in [0.3, 0.4) is 0 Å². The molecule has 0 N–H and O–H groups in total. The number of sulfonamides is 1. The third-order valence-corrected chi connectivity index (χ3v) is 9.79. The predicted octanol–water partition coefficient (Wildman–Crippen LogP) is 2.90. The average molecular weight is 473 g/mol. The van der Waals surface area contributed by atoms with Crippen molar-refractivity contribution in [2.24, 2.45) is 0 Å². The minimum Gasteiger partial charge on any atom is -0.468 e. The van der Waals surface area contributed by atoms with Gasteiger partial charge in [0.05, 0.1) is 7.11 Å². The first kappa shape index (κ1) is 21.7. The van der Waals surface area contributed by atoms with Gasteiger partial charge in [0.25, 0.3) is 0 Å². The van der Waals surface area contributed by atoms with Gasteiger partial charge >= 0.3 is 5.97 Å². The fraction of sp³-hybridized carbons (Fsp3) is 0.650. The molecule has 0 radical (unpaired) electrons. The van der Waals surface area contributed by atoms with Gasteiger partial charge in [0, 0.05) is 17.6 Å². The smallest absolute Gasteiger partial charge is 0.328 e. The number of ether oxygens (including phenoxy) is 1. The molecule has 0 bridgehead atoms. The van der Waals surface area contributed by atoms with E-state index in [4.69, 9.17) is 4.74 Å². The maximum absolute atomic E-state index is 13.5. The van der Waals surface area contributed by atoms with Crippen LogP contribution in [0.1, 0.15) is 42.7 Å². The first-order valence-electron chi connectivity index (χ1n) is 9.74. The lowest BCUT2D eigenvalue weighted by Gasteiger charge is -2.42. The molecule has 2 fully saturated rings. The molecule has 0 amide bonds. The Kier molecular flexibility index (Phi) is 6.54. The number of esters is 1. The lowest BCUT2D eigenvalue weighted by atomic mass is 9.89. The molecule has 2 aliphatic rings.